The van der Waals surface area contributed by atoms with Crippen molar-refractivity contribution in [3.05, 3.63) is 53.4 Å². The van der Waals surface area contributed by atoms with Crippen LogP contribution in [0, 0.1) is 17.1 Å². The van der Waals surface area contributed by atoms with Gasteiger partial charge in [-0.05, 0) is 46.9 Å². The van der Waals surface area contributed by atoms with Gasteiger partial charge in [-0.15, -0.1) is 0 Å². The summed E-state index contributed by atoms with van der Waals surface area (Å²) in [4.78, 5) is 0. The predicted molar refractivity (Wildman–Crippen MR) is 93.7 cm³/mol. The third-order valence-electron chi connectivity index (χ3n) is 3.82. The van der Waals surface area contributed by atoms with Crippen LogP contribution in [-0.2, 0) is 0 Å². The molecule has 0 aromatic heterocycles. The molecule has 3 nitrogen and oxygen atoms in total. The summed E-state index contributed by atoms with van der Waals surface area (Å²) < 4.78 is 24.4. The second-order valence-electron chi connectivity index (χ2n) is 5.61. The SMILES string of the molecule is COc1cc(C(C)C)c(/C=C/C#N)c(-c2ccc(F)cc2)c1OC. The van der Waals surface area contributed by atoms with Gasteiger partial charge in [-0.1, -0.05) is 26.0 Å². The topological polar surface area (TPSA) is 42.2 Å². The van der Waals surface area contributed by atoms with E-state index in [9.17, 15) is 4.39 Å². The van der Waals surface area contributed by atoms with E-state index in [0.29, 0.717) is 11.5 Å². The smallest absolute Gasteiger partial charge is 0.169 e. The molecule has 0 aliphatic heterocycles. The third-order valence-corrected chi connectivity index (χ3v) is 3.82. The minimum atomic E-state index is -0.307. The lowest BCUT2D eigenvalue weighted by molar-refractivity contribution is 0.355. The van der Waals surface area contributed by atoms with Crippen molar-refractivity contribution in [3.8, 4) is 28.7 Å². The molecule has 0 aliphatic rings. The van der Waals surface area contributed by atoms with Gasteiger partial charge < -0.3 is 9.47 Å². The highest BCUT2D eigenvalue weighted by molar-refractivity contribution is 5.85. The van der Waals surface area contributed by atoms with Gasteiger partial charge in [0.1, 0.15) is 5.82 Å². The summed E-state index contributed by atoms with van der Waals surface area (Å²) in [6.45, 7) is 4.14. The van der Waals surface area contributed by atoms with Crippen molar-refractivity contribution >= 4 is 6.08 Å². The molecule has 0 unspecified atom stereocenters. The van der Waals surface area contributed by atoms with Crippen molar-refractivity contribution in [1.29, 1.82) is 5.26 Å². The number of allylic oxidation sites excluding steroid dienone is 1. The first kappa shape index (κ1) is 17.6. The minimum Gasteiger partial charge on any atom is -0.493 e. The van der Waals surface area contributed by atoms with E-state index in [0.717, 1.165) is 22.3 Å². The molecule has 0 aliphatic carbocycles. The average molecular weight is 325 g/mol. The van der Waals surface area contributed by atoms with Crippen molar-refractivity contribution in [2.24, 2.45) is 0 Å². The molecule has 0 saturated carbocycles. The molecular formula is C20H20FNO2. The first-order chi connectivity index (χ1) is 11.5. The number of halogens is 1. The summed E-state index contributed by atoms with van der Waals surface area (Å²) in [5.41, 5.74) is 3.48. The maximum atomic E-state index is 13.3. The lowest BCUT2D eigenvalue weighted by Gasteiger charge is -2.21. The van der Waals surface area contributed by atoms with Gasteiger partial charge in [-0.2, -0.15) is 5.26 Å². The number of benzene rings is 2. The Bertz CT molecular complexity index is 787. The van der Waals surface area contributed by atoms with Crippen LogP contribution >= 0.6 is 0 Å². The van der Waals surface area contributed by atoms with Crippen molar-refractivity contribution in [2.45, 2.75) is 19.8 Å². The molecule has 0 spiro atoms. The summed E-state index contributed by atoms with van der Waals surface area (Å²) in [5.74, 6) is 1.07. The first-order valence-electron chi connectivity index (χ1n) is 7.64. The number of rotatable bonds is 5. The van der Waals surface area contributed by atoms with E-state index in [1.165, 1.54) is 18.2 Å². The molecule has 0 fully saturated rings. The van der Waals surface area contributed by atoms with Crippen LogP contribution in [0.1, 0.15) is 30.9 Å². The van der Waals surface area contributed by atoms with Crippen LogP contribution in [-0.4, -0.2) is 14.2 Å². The van der Waals surface area contributed by atoms with Crippen molar-refractivity contribution in [3.63, 3.8) is 0 Å². The Labute approximate surface area is 142 Å². The van der Waals surface area contributed by atoms with Gasteiger partial charge in [-0.3, -0.25) is 0 Å². The zero-order chi connectivity index (χ0) is 17.7. The summed E-state index contributed by atoms with van der Waals surface area (Å²) in [6.07, 6.45) is 3.19. The molecule has 0 saturated heterocycles. The Hall–Kier alpha value is -2.80. The van der Waals surface area contributed by atoms with E-state index in [1.54, 1.807) is 32.4 Å². The summed E-state index contributed by atoms with van der Waals surface area (Å²) >= 11 is 0. The maximum absolute atomic E-state index is 13.3. The highest BCUT2D eigenvalue weighted by atomic mass is 19.1. The molecule has 0 atom stereocenters. The largest absolute Gasteiger partial charge is 0.493 e. The number of nitriles is 1. The Morgan fingerprint density at radius 1 is 1.12 bits per heavy atom. The molecule has 0 bridgehead atoms. The summed E-state index contributed by atoms with van der Waals surface area (Å²) in [5, 5.41) is 8.94. The predicted octanol–water partition coefficient (Wildman–Crippen LogP) is 5.17. The van der Waals surface area contributed by atoms with E-state index in [1.807, 2.05) is 12.1 Å². The van der Waals surface area contributed by atoms with Gasteiger partial charge in [0.25, 0.3) is 0 Å². The molecule has 24 heavy (non-hydrogen) atoms. The van der Waals surface area contributed by atoms with Crippen molar-refractivity contribution in [2.75, 3.05) is 14.2 Å². The standard InChI is InChI=1S/C20H20FNO2/c1-13(2)17-12-18(23-3)20(24-4)19(16(17)6-5-11-22)14-7-9-15(21)10-8-14/h5-10,12-13H,1-4H3/b6-5+. The van der Waals surface area contributed by atoms with E-state index in [-0.39, 0.29) is 11.7 Å². The van der Waals surface area contributed by atoms with E-state index >= 15 is 0 Å². The molecule has 0 N–H and O–H groups in total. The maximum Gasteiger partial charge on any atom is 0.169 e. The fourth-order valence-electron chi connectivity index (χ4n) is 2.71. The second-order valence-corrected chi connectivity index (χ2v) is 5.61. The number of hydrogen-bond acceptors (Lipinski definition) is 3. The molecule has 2 aromatic rings. The van der Waals surface area contributed by atoms with Gasteiger partial charge in [-0.25, -0.2) is 4.39 Å². The van der Waals surface area contributed by atoms with E-state index in [4.69, 9.17) is 14.7 Å². The monoisotopic (exact) mass is 325 g/mol. The Morgan fingerprint density at radius 3 is 2.29 bits per heavy atom. The Morgan fingerprint density at radius 2 is 1.79 bits per heavy atom. The quantitative estimate of drug-likeness (QED) is 0.712. The Balaban J connectivity index is 2.89. The zero-order valence-corrected chi connectivity index (χ0v) is 14.3. The van der Waals surface area contributed by atoms with Crippen LogP contribution in [0.25, 0.3) is 17.2 Å². The fraction of sp³-hybridized carbons (Fsp3) is 0.250. The van der Waals surface area contributed by atoms with Crippen LogP contribution in [0.15, 0.2) is 36.4 Å². The van der Waals surface area contributed by atoms with Gasteiger partial charge in [0.2, 0.25) is 0 Å². The highest BCUT2D eigenvalue weighted by Gasteiger charge is 2.21. The number of methoxy groups -OCH3 is 2. The molecule has 4 heteroatoms. The third kappa shape index (κ3) is 3.41. The van der Waals surface area contributed by atoms with Crippen LogP contribution in [0.2, 0.25) is 0 Å². The molecular weight excluding hydrogens is 305 g/mol. The average Bonchev–Trinajstić information content (AvgIpc) is 2.59. The summed E-state index contributed by atoms with van der Waals surface area (Å²) in [7, 11) is 3.15. The lowest BCUT2D eigenvalue weighted by atomic mass is 9.88. The second kappa shape index (κ2) is 7.65. The van der Waals surface area contributed by atoms with Gasteiger partial charge in [0.05, 0.1) is 20.3 Å². The number of nitrogens with zero attached hydrogens (tertiary/aromatic N) is 1. The van der Waals surface area contributed by atoms with Crippen molar-refractivity contribution in [1.82, 2.24) is 0 Å². The van der Waals surface area contributed by atoms with Gasteiger partial charge in [0.15, 0.2) is 11.5 Å². The normalized spacial score (nSPS) is 10.9. The first-order valence-corrected chi connectivity index (χ1v) is 7.64. The van der Waals surface area contributed by atoms with Crippen LogP contribution in [0.4, 0.5) is 4.39 Å². The number of hydrogen-bond donors (Lipinski definition) is 0. The summed E-state index contributed by atoms with van der Waals surface area (Å²) in [6, 6.07) is 10.1. The van der Waals surface area contributed by atoms with Crippen LogP contribution in [0.3, 0.4) is 0 Å². The lowest BCUT2D eigenvalue weighted by Crippen LogP contribution is -2.01. The van der Waals surface area contributed by atoms with E-state index in [2.05, 4.69) is 13.8 Å². The molecule has 2 rings (SSSR count). The van der Waals surface area contributed by atoms with Gasteiger partial charge in [0, 0.05) is 11.6 Å². The zero-order valence-electron chi connectivity index (χ0n) is 14.3. The van der Waals surface area contributed by atoms with Crippen LogP contribution < -0.4 is 9.47 Å². The molecule has 0 amide bonds. The number of ether oxygens (including phenoxy) is 2. The molecule has 2 aromatic carbocycles. The van der Waals surface area contributed by atoms with E-state index < -0.39 is 0 Å². The molecule has 0 heterocycles. The molecule has 0 radical (unpaired) electrons. The minimum absolute atomic E-state index is 0.211. The van der Waals surface area contributed by atoms with Crippen molar-refractivity contribution < 1.29 is 13.9 Å². The van der Waals surface area contributed by atoms with Gasteiger partial charge >= 0.3 is 0 Å². The fourth-order valence-corrected chi connectivity index (χ4v) is 2.71. The molecule has 124 valence electrons. The van der Waals surface area contributed by atoms with Crippen LogP contribution in [0.5, 0.6) is 11.5 Å². The highest BCUT2D eigenvalue weighted by Crippen LogP contribution is 2.45. The Kier molecular flexibility index (Phi) is 5.59.